The molecule has 0 saturated heterocycles. The zero-order valence-electron chi connectivity index (χ0n) is 17.1. The number of allylic oxidation sites excluding steroid dienone is 2. The normalized spacial score (nSPS) is 14.7. The third kappa shape index (κ3) is 5.51. The lowest BCUT2D eigenvalue weighted by Gasteiger charge is -2.22. The second-order valence-electron chi connectivity index (χ2n) is 6.93. The Balaban J connectivity index is 2.00. The molecule has 5 heteroatoms. The molecule has 3 atom stereocenters. The lowest BCUT2D eigenvalue weighted by Crippen LogP contribution is -2.27. The summed E-state index contributed by atoms with van der Waals surface area (Å²) in [4.78, 5) is 1.96. The van der Waals surface area contributed by atoms with Gasteiger partial charge in [-0.1, -0.05) is 78.4 Å². The summed E-state index contributed by atoms with van der Waals surface area (Å²) in [5.41, 5.74) is 3.08. The van der Waals surface area contributed by atoms with Gasteiger partial charge in [0.05, 0.1) is 21.7 Å². The first kappa shape index (κ1) is 22.1. The van der Waals surface area contributed by atoms with E-state index in [4.69, 9.17) is 0 Å². The predicted octanol–water partition coefficient (Wildman–Crippen LogP) is 5.53. The number of nitrogens with one attached hydrogen (secondary N) is 1. The highest BCUT2D eigenvalue weighted by Gasteiger charge is 2.24. The Morgan fingerprint density at radius 2 is 1.37 bits per heavy atom. The molecule has 3 nitrogen and oxygen atoms in total. The van der Waals surface area contributed by atoms with E-state index >= 15 is 0 Å². The van der Waals surface area contributed by atoms with E-state index in [9.17, 15) is 8.42 Å². The largest absolute Gasteiger partial charge is 0.249 e. The molecule has 0 bridgehead atoms. The standard InChI is InChI=1S/C25H25NO2S2/c1-4-8-24(29(27)22-15-11-19(2)12-16-22)25(21-9-6-5-7-10-21)26-30(28)23-17-13-20(3)14-18-23/h4-18,25-26H,1H2,2-3H3/b24-8+/t25-,29?,30?/m0/s1. The molecule has 0 aliphatic rings. The van der Waals surface area contributed by atoms with E-state index in [-0.39, 0.29) is 0 Å². The molecule has 0 spiro atoms. The molecule has 0 aromatic heterocycles. The molecule has 0 aliphatic heterocycles. The minimum atomic E-state index is -1.48. The fourth-order valence-electron chi connectivity index (χ4n) is 2.95. The zero-order valence-corrected chi connectivity index (χ0v) is 18.7. The Morgan fingerprint density at radius 3 is 1.90 bits per heavy atom. The highest BCUT2D eigenvalue weighted by Crippen LogP contribution is 2.29. The van der Waals surface area contributed by atoms with Gasteiger partial charge in [0.25, 0.3) is 0 Å². The van der Waals surface area contributed by atoms with E-state index in [1.165, 1.54) is 0 Å². The average Bonchev–Trinajstić information content (AvgIpc) is 2.77. The van der Waals surface area contributed by atoms with Crippen LogP contribution in [0.2, 0.25) is 0 Å². The zero-order chi connectivity index (χ0) is 21.5. The van der Waals surface area contributed by atoms with E-state index in [1.807, 2.05) is 92.7 Å². The van der Waals surface area contributed by atoms with E-state index in [2.05, 4.69) is 11.3 Å². The van der Waals surface area contributed by atoms with Crippen molar-refractivity contribution in [2.24, 2.45) is 0 Å². The third-order valence-electron chi connectivity index (χ3n) is 4.61. The molecule has 2 unspecified atom stereocenters. The second kappa shape index (κ2) is 10.4. The molecule has 0 saturated carbocycles. The van der Waals surface area contributed by atoms with Crippen LogP contribution in [0.5, 0.6) is 0 Å². The maximum Gasteiger partial charge on any atom is 0.125 e. The number of rotatable bonds is 8. The Kier molecular flexibility index (Phi) is 7.69. The molecule has 3 aromatic rings. The van der Waals surface area contributed by atoms with Crippen molar-refractivity contribution < 1.29 is 8.42 Å². The van der Waals surface area contributed by atoms with Crippen LogP contribution in [0.15, 0.2) is 112 Å². The van der Waals surface area contributed by atoms with Gasteiger partial charge in [-0.2, -0.15) is 0 Å². The van der Waals surface area contributed by atoms with E-state index in [0.717, 1.165) is 16.7 Å². The molecule has 0 aliphatic carbocycles. The van der Waals surface area contributed by atoms with Gasteiger partial charge in [0.2, 0.25) is 0 Å². The highest BCUT2D eigenvalue weighted by atomic mass is 32.2. The lowest BCUT2D eigenvalue weighted by atomic mass is 10.1. The number of benzene rings is 3. The fourth-order valence-corrected chi connectivity index (χ4v) is 5.31. The molecule has 30 heavy (non-hydrogen) atoms. The van der Waals surface area contributed by atoms with Crippen molar-refractivity contribution in [3.8, 4) is 0 Å². The molecule has 3 aromatic carbocycles. The van der Waals surface area contributed by atoms with Crippen LogP contribution in [-0.2, 0) is 21.8 Å². The summed E-state index contributed by atoms with van der Waals surface area (Å²) in [7, 11) is -2.93. The molecule has 3 rings (SSSR count). The lowest BCUT2D eigenvalue weighted by molar-refractivity contribution is 0.658. The predicted molar refractivity (Wildman–Crippen MR) is 126 cm³/mol. The van der Waals surface area contributed by atoms with E-state index in [0.29, 0.717) is 14.7 Å². The van der Waals surface area contributed by atoms with Crippen LogP contribution in [0, 0.1) is 13.8 Å². The van der Waals surface area contributed by atoms with Gasteiger partial charge in [-0.3, -0.25) is 0 Å². The van der Waals surface area contributed by atoms with Gasteiger partial charge < -0.3 is 0 Å². The fraction of sp³-hybridized carbons (Fsp3) is 0.120. The molecule has 0 amide bonds. The summed E-state index contributed by atoms with van der Waals surface area (Å²) in [5, 5.41) is 0. The smallest absolute Gasteiger partial charge is 0.125 e. The second-order valence-corrected chi connectivity index (χ2v) is 9.65. The van der Waals surface area contributed by atoms with Gasteiger partial charge >= 0.3 is 0 Å². The maximum absolute atomic E-state index is 13.5. The minimum absolute atomic E-state index is 0.506. The number of hydrogen-bond acceptors (Lipinski definition) is 2. The summed E-state index contributed by atoms with van der Waals surface area (Å²) in [6.45, 7) is 7.78. The van der Waals surface area contributed by atoms with Crippen LogP contribution in [0.3, 0.4) is 0 Å². The van der Waals surface area contributed by atoms with Crippen LogP contribution >= 0.6 is 0 Å². The van der Waals surface area contributed by atoms with E-state index < -0.39 is 27.8 Å². The summed E-state index contributed by atoms with van der Waals surface area (Å²) in [6.07, 6.45) is 3.36. The van der Waals surface area contributed by atoms with Crippen LogP contribution in [-0.4, -0.2) is 8.42 Å². The van der Waals surface area contributed by atoms with Gasteiger partial charge in [0.1, 0.15) is 11.0 Å². The van der Waals surface area contributed by atoms with Crippen molar-refractivity contribution in [1.82, 2.24) is 4.72 Å². The van der Waals surface area contributed by atoms with Gasteiger partial charge in [-0.25, -0.2) is 13.1 Å². The summed E-state index contributed by atoms with van der Waals surface area (Å²) in [5.74, 6) is 0. The van der Waals surface area contributed by atoms with Crippen molar-refractivity contribution in [3.05, 3.63) is 119 Å². The molecular formula is C25H25NO2S2. The van der Waals surface area contributed by atoms with Gasteiger partial charge in [0.15, 0.2) is 0 Å². The Labute approximate surface area is 183 Å². The Morgan fingerprint density at radius 1 is 0.833 bits per heavy atom. The first-order valence-corrected chi connectivity index (χ1v) is 11.9. The summed E-state index contributed by atoms with van der Waals surface area (Å²) < 4.78 is 29.8. The SMILES string of the molecule is C=C/C=C(\[C@@H](NS(=O)c1ccc(C)cc1)c1ccccc1)S(=O)c1ccc(C)cc1. The number of aryl methyl sites for hydroxylation is 2. The molecule has 0 fully saturated rings. The van der Waals surface area contributed by atoms with Crippen LogP contribution < -0.4 is 4.72 Å². The topological polar surface area (TPSA) is 46.2 Å². The Bertz CT molecular complexity index is 1070. The van der Waals surface area contributed by atoms with Crippen molar-refractivity contribution in [2.45, 2.75) is 29.7 Å². The minimum Gasteiger partial charge on any atom is -0.249 e. The molecule has 0 radical (unpaired) electrons. The van der Waals surface area contributed by atoms with Crippen LogP contribution in [0.25, 0.3) is 0 Å². The average molecular weight is 436 g/mol. The van der Waals surface area contributed by atoms with Crippen molar-refractivity contribution in [3.63, 3.8) is 0 Å². The molecule has 0 heterocycles. The molecule has 1 N–H and O–H groups in total. The number of hydrogen-bond donors (Lipinski definition) is 1. The van der Waals surface area contributed by atoms with Crippen molar-refractivity contribution >= 4 is 21.8 Å². The Hall–Kier alpha value is -2.60. The highest BCUT2D eigenvalue weighted by molar-refractivity contribution is 7.89. The summed E-state index contributed by atoms with van der Waals surface area (Å²) >= 11 is 0. The molecule has 154 valence electrons. The maximum atomic E-state index is 13.5. The molecular weight excluding hydrogens is 410 g/mol. The monoisotopic (exact) mass is 435 g/mol. The van der Waals surface area contributed by atoms with Crippen molar-refractivity contribution in [2.75, 3.05) is 0 Å². The van der Waals surface area contributed by atoms with Crippen LogP contribution in [0.1, 0.15) is 22.7 Å². The third-order valence-corrected chi connectivity index (χ3v) is 7.26. The van der Waals surface area contributed by atoms with Crippen molar-refractivity contribution in [1.29, 1.82) is 0 Å². The first-order chi connectivity index (χ1) is 14.5. The van der Waals surface area contributed by atoms with E-state index in [1.54, 1.807) is 12.2 Å². The van der Waals surface area contributed by atoms with Crippen LogP contribution in [0.4, 0.5) is 0 Å². The summed E-state index contributed by atoms with van der Waals surface area (Å²) in [6, 6.07) is 24.3. The van der Waals surface area contributed by atoms with Gasteiger partial charge in [-0.05, 0) is 49.8 Å². The first-order valence-electron chi connectivity index (χ1n) is 9.60. The quantitative estimate of drug-likeness (QED) is 0.473. The van der Waals surface area contributed by atoms with Gasteiger partial charge in [0, 0.05) is 9.80 Å². The van der Waals surface area contributed by atoms with Gasteiger partial charge in [-0.15, -0.1) is 0 Å².